The normalized spacial score (nSPS) is 20.8. The molecule has 0 saturated carbocycles. The van der Waals surface area contributed by atoms with E-state index in [9.17, 15) is 9.18 Å². The molecule has 24 heavy (non-hydrogen) atoms. The van der Waals surface area contributed by atoms with Gasteiger partial charge in [-0.2, -0.15) is 0 Å². The van der Waals surface area contributed by atoms with Crippen molar-refractivity contribution in [2.75, 3.05) is 45.8 Å². The molecule has 0 unspecified atom stereocenters. The maximum absolute atomic E-state index is 13.3. The van der Waals surface area contributed by atoms with Gasteiger partial charge in [0, 0.05) is 26.2 Å². The molecule has 0 spiro atoms. The molecule has 0 atom stereocenters. The molecule has 5 heteroatoms. The first-order chi connectivity index (χ1) is 11.7. The van der Waals surface area contributed by atoms with Crippen LogP contribution in [-0.2, 0) is 11.2 Å². The molecule has 1 amide bonds. The highest BCUT2D eigenvalue weighted by atomic mass is 19.1. The summed E-state index contributed by atoms with van der Waals surface area (Å²) in [7, 11) is 0. The third kappa shape index (κ3) is 5.02. The van der Waals surface area contributed by atoms with Crippen LogP contribution in [0, 0.1) is 11.7 Å². The largest absolute Gasteiger partial charge is 0.341 e. The number of rotatable bonds is 4. The van der Waals surface area contributed by atoms with Gasteiger partial charge >= 0.3 is 0 Å². The molecule has 0 aliphatic carbocycles. The van der Waals surface area contributed by atoms with Gasteiger partial charge in [0.15, 0.2) is 0 Å². The second kappa shape index (κ2) is 8.58. The fraction of sp³-hybridized carbons (Fsp3) is 0.632. The van der Waals surface area contributed by atoms with Gasteiger partial charge in [-0.05, 0) is 62.5 Å². The third-order valence-corrected chi connectivity index (χ3v) is 5.16. The molecule has 2 fully saturated rings. The van der Waals surface area contributed by atoms with Crippen LogP contribution >= 0.6 is 0 Å². The highest BCUT2D eigenvalue weighted by molar-refractivity contribution is 5.78. The summed E-state index contributed by atoms with van der Waals surface area (Å²) in [6, 6.07) is 6.36. The molecular weight excluding hydrogens is 305 g/mol. The zero-order valence-corrected chi connectivity index (χ0v) is 14.3. The Morgan fingerprint density at radius 2 is 2.00 bits per heavy atom. The van der Waals surface area contributed by atoms with E-state index in [4.69, 9.17) is 0 Å². The van der Waals surface area contributed by atoms with Crippen LogP contribution in [0.3, 0.4) is 0 Å². The average Bonchev–Trinajstić information content (AvgIpc) is 2.81. The molecule has 2 aliphatic rings. The Hall–Kier alpha value is -1.46. The highest BCUT2D eigenvalue weighted by Gasteiger charge is 2.22. The predicted molar refractivity (Wildman–Crippen MR) is 93.3 cm³/mol. The van der Waals surface area contributed by atoms with Crippen molar-refractivity contribution in [2.24, 2.45) is 5.92 Å². The van der Waals surface area contributed by atoms with E-state index in [1.807, 2.05) is 11.0 Å². The van der Waals surface area contributed by atoms with Gasteiger partial charge in [-0.1, -0.05) is 12.1 Å². The highest BCUT2D eigenvalue weighted by Crippen LogP contribution is 2.15. The minimum absolute atomic E-state index is 0.115. The van der Waals surface area contributed by atoms with Crippen molar-refractivity contribution in [1.29, 1.82) is 0 Å². The molecule has 1 aromatic rings. The lowest BCUT2D eigenvalue weighted by atomic mass is 9.97. The van der Waals surface area contributed by atoms with Gasteiger partial charge < -0.3 is 15.1 Å². The van der Waals surface area contributed by atoms with Crippen molar-refractivity contribution in [3.63, 3.8) is 0 Å². The summed E-state index contributed by atoms with van der Waals surface area (Å²) in [5.41, 5.74) is 0.760. The van der Waals surface area contributed by atoms with E-state index in [1.165, 1.54) is 25.0 Å². The monoisotopic (exact) mass is 333 g/mol. The van der Waals surface area contributed by atoms with Crippen molar-refractivity contribution in [1.82, 2.24) is 15.1 Å². The maximum Gasteiger partial charge on any atom is 0.227 e. The quantitative estimate of drug-likeness (QED) is 0.914. The van der Waals surface area contributed by atoms with Crippen molar-refractivity contribution >= 4 is 5.91 Å². The number of amides is 1. The maximum atomic E-state index is 13.3. The molecule has 132 valence electrons. The number of carbonyl (C=O) groups is 1. The number of halogens is 1. The Morgan fingerprint density at radius 1 is 1.17 bits per heavy atom. The molecule has 2 heterocycles. The lowest BCUT2D eigenvalue weighted by Gasteiger charge is -2.29. The lowest BCUT2D eigenvalue weighted by Crippen LogP contribution is -2.39. The fourth-order valence-electron chi connectivity index (χ4n) is 3.77. The van der Waals surface area contributed by atoms with Crippen LogP contribution in [-0.4, -0.2) is 61.5 Å². The molecule has 3 rings (SSSR count). The van der Waals surface area contributed by atoms with Gasteiger partial charge in [0.05, 0.1) is 6.42 Å². The molecule has 0 aromatic heterocycles. The molecule has 1 aromatic carbocycles. The smallest absolute Gasteiger partial charge is 0.227 e. The number of carbonyl (C=O) groups excluding carboxylic acids is 1. The molecule has 1 N–H and O–H groups in total. The first kappa shape index (κ1) is 17.4. The number of nitrogens with one attached hydrogen (secondary N) is 1. The van der Waals surface area contributed by atoms with E-state index < -0.39 is 0 Å². The summed E-state index contributed by atoms with van der Waals surface area (Å²) in [6.45, 7) is 7.07. The molecule has 4 nitrogen and oxygen atoms in total. The Kier molecular flexibility index (Phi) is 6.21. The van der Waals surface area contributed by atoms with Crippen LogP contribution < -0.4 is 5.32 Å². The standard InChI is InChI=1S/C19H28FN3O/c20-18-4-1-3-17(13-18)14-19(24)23-10-2-9-22(11-12-23)15-16-5-7-21-8-6-16/h1,3-4,13,16,21H,2,5-12,14-15H2. The van der Waals surface area contributed by atoms with Crippen LogP contribution in [0.1, 0.15) is 24.8 Å². The minimum Gasteiger partial charge on any atom is -0.341 e. The van der Waals surface area contributed by atoms with E-state index in [0.717, 1.165) is 63.7 Å². The summed E-state index contributed by atoms with van der Waals surface area (Å²) >= 11 is 0. The van der Waals surface area contributed by atoms with Crippen LogP contribution in [0.25, 0.3) is 0 Å². The molecule has 2 aliphatic heterocycles. The average molecular weight is 333 g/mol. The summed E-state index contributed by atoms with van der Waals surface area (Å²) < 4.78 is 13.3. The van der Waals surface area contributed by atoms with Crippen LogP contribution in [0.2, 0.25) is 0 Å². The molecular formula is C19H28FN3O. The van der Waals surface area contributed by atoms with Gasteiger partial charge in [-0.25, -0.2) is 4.39 Å². The first-order valence-corrected chi connectivity index (χ1v) is 9.16. The zero-order valence-electron chi connectivity index (χ0n) is 14.3. The van der Waals surface area contributed by atoms with E-state index in [2.05, 4.69) is 10.2 Å². The third-order valence-electron chi connectivity index (χ3n) is 5.16. The fourth-order valence-corrected chi connectivity index (χ4v) is 3.77. The van der Waals surface area contributed by atoms with Crippen molar-refractivity contribution < 1.29 is 9.18 Å². The second-order valence-corrected chi connectivity index (χ2v) is 7.04. The van der Waals surface area contributed by atoms with Crippen molar-refractivity contribution in [2.45, 2.75) is 25.7 Å². The molecule has 0 radical (unpaired) electrons. The van der Waals surface area contributed by atoms with Crippen LogP contribution in [0.15, 0.2) is 24.3 Å². The number of hydrogen-bond acceptors (Lipinski definition) is 3. The summed E-state index contributed by atoms with van der Waals surface area (Å²) in [6.07, 6.45) is 3.85. The van der Waals surface area contributed by atoms with Gasteiger partial charge in [0.1, 0.15) is 5.82 Å². The van der Waals surface area contributed by atoms with Crippen LogP contribution in [0.5, 0.6) is 0 Å². The Balaban J connectivity index is 1.48. The van der Waals surface area contributed by atoms with Gasteiger partial charge in [-0.15, -0.1) is 0 Å². The Morgan fingerprint density at radius 3 is 2.79 bits per heavy atom. The van der Waals surface area contributed by atoms with E-state index in [-0.39, 0.29) is 11.7 Å². The zero-order chi connectivity index (χ0) is 16.8. The van der Waals surface area contributed by atoms with E-state index in [1.54, 1.807) is 6.07 Å². The van der Waals surface area contributed by atoms with Gasteiger partial charge in [-0.3, -0.25) is 4.79 Å². The van der Waals surface area contributed by atoms with Gasteiger partial charge in [0.2, 0.25) is 5.91 Å². The topological polar surface area (TPSA) is 35.6 Å². The summed E-state index contributed by atoms with van der Waals surface area (Å²) in [5, 5.41) is 3.42. The summed E-state index contributed by atoms with van der Waals surface area (Å²) in [5.74, 6) is 0.634. The lowest BCUT2D eigenvalue weighted by molar-refractivity contribution is -0.130. The number of hydrogen-bond donors (Lipinski definition) is 1. The summed E-state index contributed by atoms with van der Waals surface area (Å²) in [4.78, 5) is 17.0. The van der Waals surface area contributed by atoms with Crippen molar-refractivity contribution in [3.05, 3.63) is 35.6 Å². The molecule has 0 bridgehead atoms. The molecule has 2 saturated heterocycles. The van der Waals surface area contributed by atoms with Crippen LogP contribution in [0.4, 0.5) is 4.39 Å². The SMILES string of the molecule is O=C(Cc1cccc(F)c1)N1CCCN(CC2CCNCC2)CC1. The van der Waals surface area contributed by atoms with E-state index in [0.29, 0.717) is 6.42 Å². The first-order valence-electron chi connectivity index (χ1n) is 9.16. The number of piperidine rings is 1. The minimum atomic E-state index is -0.274. The number of benzene rings is 1. The predicted octanol–water partition coefficient (Wildman–Crippen LogP) is 1.90. The Bertz CT molecular complexity index is 545. The number of nitrogens with zero attached hydrogens (tertiary/aromatic N) is 2. The van der Waals surface area contributed by atoms with Crippen molar-refractivity contribution in [3.8, 4) is 0 Å². The second-order valence-electron chi connectivity index (χ2n) is 7.04. The Labute approximate surface area is 144 Å². The van der Waals surface area contributed by atoms with E-state index >= 15 is 0 Å². The van der Waals surface area contributed by atoms with Gasteiger partial charge in [0.25, 0.3) is 0 Å².